The highest BCUT2D eigenvalue weighted by atomic mass is 16.7. The minimum Gasteiger partial charge on any atom is -0.394 e. The number of benzene rings is 4. The normalized spacial score (nSPS) is 23.0. The lowest BCUT2D eigenvalue weighted by Gasteiger charge is -2.46. The van der Waals surface area contributed by atoms with Crippen molar-refractivity contribution >= 4 is 0 Å². The number of aliphatic hydroxyl groups excluding tert-OH is 2. The van der Waals surface area contributed by atoms with Gasteiger partial charge in [0, 0.05) is 0 Å². The number of rotatable bonds is 14. The molecule has 0 amide bonds. The highest BCUT2D eigenvalue weighted by molar-refractivity contribution is 5.16. The van der Waals surface area contributed by atoms with Crippen molar-refractivity contribution in [3.05, 3.63) is 144 Å². The fourth-order valence-electron chi connectivity index (χ4n) is 5.04. The average Bonchev–Trinajstić information content (AvgIpc) is 3.05. The zero-order chi connectivity index (χ0) is 29.0. The van der Waals surface area contributed by atoms with Gasteiger partial charge < -0.3 is 33.9 Å². The first-order chi connectivity index (χ1) is 20.7. The second-order valence-electron chi connectivity index (χ2n) is 10.3. The van der Waals surface area contributed by atoms with Crippen molar-refractivity contribution < 1.29 is 33.9 Å². The highest BCUT2D eigenvalue weighted by Crippen LogP contribution is 2.32. The maximum absolute atomic E-state index is 11.3. The Morgan fingerprint density at radius 3 is 1.33 bits per heavy atom. The van der Waals surface area contributed by atoms with Crippen LogP contribution in [0.2, 0.25) is 0 Å². The van der Waals surface area contributed by atoms with Gasteiger partial charge in [0.2, 0.25) is 0 Å². The number of hydrogen-bond acceptors (Lipinski definition) is 7. The van der Waals surface area contributed by atoms with E-state index < -0.39 is 36.8 Å². The van der Waals surface area contributed by atoms with Gasteiger partial charge in [-0.3, -0.25) is 0 Å². The zero-order valence-electron chi connectivity index (χ0n) is 23.5. The maximum Gasteiger partial charge on any atom is 0.184 e. The molecule has 0 aliphatic carbocycles. The zero-order valence-corrected chi connectivity index (χ0v) is 23.5. The van der Waals surface area contributed by atoms with Crippen molar-refractivity contribution in [2.75, 3.05) is 6.61 Å². The van der Waals surface area contributed by atoms with E-state index in [9.17, 15) is 10.2 Å². The largest absolute Gasteiger partial charge is 0.394 e. The van der Waals surface area contributed by atoms with Crippen molar-refractivity contribution in [2.24, 2.45) is 0 Å². The molecule has 0 saturated carbocycles. The van der Waals surface area contributed by atoms with Crippen molar-refractivity contribution in [1.82, 2.24) is 0 Å². The van der Waals surface area contributed by atoms with Gasteiger partial charge >= 0.3 is 0 Å². The summed E-state index contributed by atoms with van der Waals surface area (Å²) in [5.41, 5.74) is 3.85. The van der Waals surface area contributed by atoms with Gasteiger partial charge in [-0.2, -0.15) is 0 Å². The van der Waals surface area contributed by atoms with Crippen LogP contribution in [0.1, 0.15) is 22.3 Å². The predicted molar refractivity (Wildman–Crippen MR) is 158 cm³/mol. The van der Waals surface area contributed by atoms with Crippen molar-refractivity contribution in [3.8, 4) is 0 Å². The molecule has 6 atom stereocenters. The SMILES string of the molecule is OC[C@@H](OCc1ccccc1)[C@H]1O[C@H](O)[C@H](OCc2ccccc2)[C@@H](OCc2ccccc2)[C@@H]1OCc1ccccc1. The summed E-state index contributed by atoms with van der Waals surface area (Å²) in [5.74, 6) is 0. The lowest BCUT2D eigenvalue weighted by molar-refractivity contribution is -0.328. The fourth-order valence-corrected chi connectivity index (χ4v) is 5.04. The van der Waals surface area contributed by atoms with E-state index in [1.54, 1.807) is 0 Å². The Labute approximate surface area is 247 Å². The first kappa shape index (κ1) is 30.1. The average molecular weight is 571 g/mol. The topological polar surface area (TPSA) is 86.6 Å². The molecule has 1 heterocycles. The van der Waals surface area contributed by atoms with E-state index in [2.05, 4.69) is 0 Å². The quantitative estimate of drug-likeness (QED) is 0.220. The van der Waals surface area contributed by atoms with Crippen LogP contribution in [-0.4, -0.2) is 53.6 Å². The van der Waals surface area contributed by atoms with Gasteiger partial charge in [-0.15, -0.1) is 0 Å². The lowest BCUT2D eigenvalue weighted by Crippen LogP contribution is -2.63. The number of aliphatic hydroxyl groups is 2. The number of ether oxygens (including phenoxy) is 5. The molecule has 1 aliphatic heterocycles. The van der Waals surface area contributed by atoms with Gasteiger partial charge in [0.15, 0.2) is 6.29 Å². The summed E-state index contributed by atoms with van der Waals surface area (Å²) in [5, 5.41) is 21.7. The first-order valence-electron chi connectivity index (χ1n) is 14.3. The van der Waals surface area contributed by atoms with E-state index in [0.717, 1.165) is 22.3 Å². The molecule has 4 aromatic carbocycles. The minimum absolute atomic E-state index is 0.251. The summed E-state index contributed by atoms with van der Waals surface area (Å²) < 4.78 is 31.6. The Bertz CT molecular complexity index is 1290. The third-order valence-corrected chi connectivity index (χ3v) is 7.26. The second-order valence-corrected chi connectivity index (χ2v) is 10.3. The fraction of sp³-hybridized carbons (Fsp3) is 0.314. The molecule has 5 rings (SSSR count). The molecule has 42 heavy (non-hydrogen) atoms. The Balaban J connectivity index is 1.41. The Kier molecular flexibility index (Phi) is 11.3. The monoisotopic (exact) mass is 570 g/mol. The molecule has 0 spiro atoms. The molecular weight excluding hydrogens is 532 g/mol. The standard InChI is InChI=1S/C35H38O7/c36-21-30(38-22-26-13-5-1-6-14-26)31-32(39-23-27-15-7-2-8-16-27)33(40-24-28-17-9-3-10-18-28)34(35(37)42-31)41-25-29-19-11-4-12-20-29/h1-20,30-37H,21-25H2/t30-,31-,32-,33+,34-,35+/m1/s1. The van der Waals surface area contributed by atoms with Crippen LogP contribution in [0, 0.1) is 0 Å². The maximum atomic E-state index is 11.3. The summed E-state index contributed by atoms with van der Waals surface area (Å²) >= 11 is 0. The summed E-state index contributed by atoms with van der Waals surface area (Å²) in [7, 11) is 0. The lowest BCUT2D eigenvalue weighted by atomic mass is 9.94. The van der Waals surface area contributed by atoms with E-state index in [1.807, 2.05) is 121 Å². The molecular formula is C35H38O7. The van der Waals surface area contributed by atoms with E-state index in [-0.39, 0.29) is 33.0 Å². The molecule has 1 aliphatic rings. The van der Waals surface area contributed by atoms with Crippen LogP contribution in [0.3, 0.4) is 0 Å². The molecule has 1 fully saturated rings. The molecule has 220 valence electrons. The van der Waals surface area contributed by atoms with Crippen LogP contribution in [0.4, 0.5) is 0 Å². The van der Waals surface area contributed by atoms with E-state index in [1.165, 1.54) is 0 Å². The summed E-state index contributed by atoms with van der Waals surface area (Å²) in [4.78, 5) is 0. The third kappa shape index (κ3) is 8.33. The molecule has 1 saturated heterocycles. The van der Waals surface area contributed by atoms with Crippen LogP contribution in [0.5, 0.6) is 0 Å². The minimum atomic E-state index is -1.34. The Morgan fingerprint density at radius 1 is 0.524 bits per heavy atom. The van der Waals surface area contributed by atoms with Gasteiger partial charge in [0.25, 0.3) is 0 Å². The number of hydrogen-bond donors (Lipinski definition) is 2. The van der Waals surface area contributed by atoms with Gasteiger partial charge in [-0.1, -0.05) is 121 Å². The Hall–Kier alpha value is -3.40. The molecule has 0 radical (unpaired) electrons. The molecule has 7 heteroatoms. The van der Waals surface area contributed by atoms with E-state index >= 15 is 0 Å². The van der Waals surface area contributed by atoms with Crippen LogP contribution in [-0.2, 0) is 50.1 Å². The van der Waals surface area contributed by atoms with Gasteiger partial charge in [-0.05, 0) is 22.3 Å². The van der Waals surface area contributed by atoms with Gasteiger partial charge in [-0.25, -0.2) is 0 Å². The Morgan fingerprint density at radius 2 is 0.905 bits per heavy atom. The van der Waals surface area contributed by atoms with Crippen LogP contribution < -0.4 is 0 Å². The van der Waals surface area contributed by atoms with Crippen molar-refractivity contribution in [1.29, 1.82) is 0 Å². The van der Waals surface area contributed by atoms with Crippen LogP contribution in [0.15, 0.2) is 121 Å². The van der Waals surface area contributed by atoms with Crippen LogP contribution in [0.25, 0.3) is 0 Å². The summed E-state index contributed by atoms with van der Waals surface area (Å²) in [6, 6.07) is 39.1. The van der Waals surface area contributed by atoms with E-state index in [4.69, 9.17) is 23.7 Å². The smallest absolute Gasteiger partial charge is 0.184 e. The first-order valence-corrected chi connectivity index (χ1v) is 14.3. The molecule has 7 nitrogen and oxygen atoms in total. The summed E-state index contributed by atoms with van der Waals surface area (Å²) in [6.45, 7) is 0.722. The van der Waals surface area contributed by atoms with Gasteiger partial charge in [0.05, 0.1) is 33.0 Å². The van der Waals surface area contributed by atoms with E-state index in [0.29, 0.717) is 0 Å². The highest BCUT2D eigenvalue weighted by Gasteiger charge is 2.50. The van der Waals surface area contributed by atoms with Gasteiger partial charge in [0.1, 0.15) is 30.5 Å². The van der Waals surface area contributed by atoms with Crippen LogP contribution >= 0.6 is 0 Å². The molecule has 2 N–H and O–H groups in total. The second kappa shape index (κ2) is 15.7. The predicted octanol–water partition coefficient (Wildman–Crippen LogP) is 5.04. The van der Waals surface area contributed by atoms with Crippen molar-refractivity contribution in [3.63, 3.8) is 0 Å². The third-order valence-electron chi connectivity index (χ3n) is 7.26. The molecule has 4 aromatic rings. The molecule has 0 aromatic heterocycles. The molecule has 0 unspecified atom stereocenters. The van der Waals surface area contributed by atoms with Crippen molar-refractivity contribution in [2.45, 2.75) is 63.2 Å². The summed E-state index contributed by atoms with van der Waals surface area (Å²) in [6.07, 6.45) is -5.30. The molecule has 0 bridgehead atoms.